The summed E-state index contributed by atoms with van der Waals surface area (Å²) in [5.41, 5.74) is 0. The zero-order valence-electron chi connectivity index (χ0n) is 6.92. The second-order valence-electron chi connectivity index (χ2n) is 2.76. The third kappa shape index (κ3) is 3.60. The van der Waals surface area contributed by atoms with Gasteiger partial charge >= 0.3 is 5.97 Å². The summed E-state index contributed by atoms with van der Waals surface area (Å²) in [6.45, 7) is 4.79. The van der Waals surface area contributed by atoms with E-state index in [-0.39, 0.29) is 11.8 Å². The van der Waals surface area contributed by atoms with Crippen LogP contribution in [0.25, 0.3) is 0 Å². The summed E-state index contributed by atoms with van der Waals surface area (Å²) in [5, 5.41) is 10.9. The van der Waals surface area contributed by atoms with E-state index in [0.29, 0.717) is 0 Å². The minimum atomic E-state index is -0.991. The smallest absolute Gasteiger partial charge is 0.326 e. The Morgan fingerprint density at radius 3 is 1.91 bits per heavy atom. The number of carboxylic acid groups (broad SMARTS) is 1. The Hall–Kier alpha value is -1.06. The van der Waals surface area contributed by atoms with E-state index in [0.717, 1.165) is 0 Å². The highest BCUT2D eigenvalue weighted by atomic mass is 16.4. The Balaban J connectivity index is 4.12. The average Bonchev–Trinajstić information content (AvgIpc) is 1.81. The van der Waals surface area contributed by atoms with Gasteiger partial charge in [-0.25, -0.2) is 4.79 Å². The Morgan fingerprint density at radius 2 is 1.82 bits per heavy atom. The molecule has 1 atom stereocenters. The van der Waals surface area contributed by atoms with Gasteiger partial charge in [-0.05, 0) is 5.92 Å². The molecule has 0 unspecified atom stereocenters. The second-order valence-corrected chi connectivity index (χ2v) is 2.76. The van der Waals surface area contributed by atoms with Crippen LogP contribution in [0.4, 0.5) is 0 Å². The minimum absolute atomic E-state index is 0.0867. The molecule has 0 saturated heterocycles. The molecule has 11 heavy (non-hydrogen) atoms. The molecule has 64 valence electrons. The summed E-state index contributed by atoms with van der Waals surface area (Å²) in [6.07, 6.45) is 0. The van der Waals surface area contributed by atoms with Gasteiger partial charge in [-0.2, -0.15) is 0 Å². The van der Waals surface area contributed by atoms with Crippen LogP contribution in [0.2, 0.25) is 0 Å². The van der Waals surface area contributed by atoms with Crippen molar-refractivity contribution in [1.29, 1.82) is 0 Å². The summed E-state index contributed by atoms with van der Waals surface area (Å²) >= 11 is 0. The molecule has 0 radical (unpaired) electrons. The van der Waals surface area contributed by atoms with Gasteiger partial charge in [-0.1, -0.05) is 13.8 Å². The first-order valence-corrected chi connectivity index (χ1v) is 3.45. The fourth-order valence-corrected chi connectivity index (χ4v) is 0.733. The molecule has 4 heteroatoms. The molecule has 0 spiro atoms. The summed E-state index contributed by atoms with van der Waals surface area (Å²) < 4.78 is 0. The van der Waals surface area contributed by atoms with E-state index in [1.165, 1.54) is 6.92 Å². The predicted molar refractivity (Wildman–Crippen MR) is 40.1 cm³/mol. The number of amides is 1. The molecule has 0 fully saturated rings. The lowest BCUT2D eigenvalue weighted by Crippen LogP contribution is -2.43. The van der Waals surface area contributed by atoms with E-state index in [1.807, 2.05) is 0 Å². The van der Waals surface area contributed by atoms with Crippen molar-refractivity contribution in [2.24, 2.45) is 5.92 Å². The topological polar surface area (TPSA) is 66.4 Å². The van der Waals surface area contributed by atoms with Crippen molar-refractivity contribution in [3.63, 3.8) is 0 Å². The predicted octanol–water partition coefficient (Wildman–Crippen LogP) is 0.232. The number of nitrogens with one attached hydrogen (secondary N) is 1. The number of carbonyl (C=O) groups excluding carboxylic acids is 1. The highest BCUT2D eigenvalue weighted by Crippen LogP contribution is 2.00. The number of carbonyl (C=O) groups is 2. The van der Waals surface area contributed by atoms with Crippen LogP contribution in [-0.4, -0.2) is 23.0 Å². The van der Waals surface area contributed by atoms with E-state index in [9.17, 15) is 9.59 Å². The lowest BCUT2D eigenvalue weighted by molar-refractivity contribution is -0.142. The minimum Gasteiger partial charge on any atom is -0.480 e. The molecule has 2 N–H and O–H groups in total. The summed E-state index contributed by atoms with van der Waals surface area (Å²) in [5.74, 6) is -1.39. The van der Waals surface area contributed by atoms with Gasteiger partial charge in [0.15, 0.2) is 0 Å². The first-order valence-electron chi connectivity index (χ1n) is 3.45. The van der Waals surface area contributed by atoms with E-state index in [2.05, 4.69) is 5.32 Å². The Morgan fingerprint density at radius 1 is 1.36 bits per heavy atom. The Kier molecular flexibility index (Phi) is 3.57. The van der Waals surface area contributed by atoms with Gasteiger partial charge in [0.25, 0.3) is 0 Å². The van der Waals surface area contributed by atoms with Crippen LogP contribution in [0.1, 0.15) is 20.8 Å². The number of rotatable bonds is 3. The Labute approximate surface area is 65.6 Å². The van der Waals surface area contributed by atoms with Gasteiger partial charge < -0.3 is 10.4 Å². The fourth-order valence-electron chi connectivity index (χ4n) is 0.733. The van der Waals surface area contributed by atoms with Gasteiger partial charge in [-0.15, -0.1) is 0 Å². The van der Waals surface area contributed by atoms with E-state index in [4.69, 9.17) is 5.11 Å². The number of aliphatic carboxylic acids is 1. The standard InChI is InChI=1S/C7H13NO3/c1-4(2)6(7(10)11)8-5(3)9/h4,6H,1-3H3,(H,8,9)(H,10,11)/t6-/m1/s1/i8+1. The van der Waals surface area contributed by atoms with Crippen molar-refractivity contribution >= 4 is 11.9 Å². The molecular formula is C7H13NO3. The normalized spacial score (nSPS) is 12.7. The van der Waals surface area contributed by atoms with Crippen LogP contribution < -0.4 is 5.32 Å². The summed E-state index contributed by atoms with van der Waals surface area (Å²) in [6, 6.07) is -0.771. The largest absolute Gasteiger partial charge is 0.480 e. The molecule has 4 nitrogen and oxygen atoms in total. The van der Waals surface area contributed by atoms with E-state index < -0.39 is 12.0 Å². The highest BCUT2D eigenvalue weighted by Gasteiger charge is 2.21. The van der Waals surface area contributed by atoms with Crippen molar-refractivity contribution in [3.05, 3.63) is 0 Å². The van der Waals surface area contributed by atoms with E-state index in [1.54, 1.807) is 13.8 Å². The van der Waals surface area contributed by atoms with Gasteiger partial charge in [0.05, 0.1) is 0 Å². The van der Waals surface area contributed by atoms with Crippen molar-refractivity contribution in [2.75, 3.05) is 0 Å². The maximum absolute atomic E-state index is 10.5. The molecule has 0 bridgehead atoms. The molecule has 0 aliphatic carbocycles. The molecule has 0 aromatic carbocycles. The van der Waals surface area contributed by atoms with Crippen LogP contribution in [0, 0.1) is 5.92 Å². The lowest BCUT2D eigenvalue weighted by Gasteiger charge is -2.16. The van der Waals surface area contributed by atoms with Gasteiger partial charge in [0.2, 0.25) is 5.91 Å². The monoisotopic (exact) mass is 160 g/mol. The van der Waals surface area contributed by atoms with Gasteiger partial charge in [0, 0.05) is 6.92 Å². The molecule has 0 aliphatic rings. The lowest BCUT2D eigenvalue weighted by atomic mass is 10.1. The van der Waals surface area contributed by atoms with E-state index >= 15 is 0 Å². The van der Waals surface area contributed by atoms with Crippen LogP contribution in [0.15, 0.2) is 0 Å². The number of carboxylic acids is 1. The van der Waals surface area contributed by atoms with Crippen LogP contribution in [-0.2, 0) is 9.59 Å². The molecule has 0 heterocycles. The van der Waals surface area contributed by atoms with Crippen LogP contribution in [0.3, 0.4) is 0 Å². The molecule has 0 aromatic rings. The molecule has 1 amide bonds. The SMILES string of the molecule is CC(=O)[15NH][C@@H](C(=O)O)C(C)C. The molecule has 0 aromatic heterocycles. The maximum Gasteiger partial charge on any atom is 0.326 e. The third-order valence-corrected chi connectivity index (χ3v) is 1.29. The summed E-state index contributed by atoms with van der Waals surface area (Å²) in [4.78, 5) is 21.0. The first-order chi connectivity index (χ1) is 4.95. The fraction of sp³-hybridized carbons (Fsp3) is 0.714. The summed E-state index contributed by atoms with van der Waals surface area (Å²) in [7, 11) is 0. The third-order valence-electron chi connectivity index (χ3n) is 1.29. The quantitative estimate of drug-likeness (QED) is 0.581. The van der Waals surface area contributed by atoms with Crippen molar-refractivity contribution in [2.45, 2.75) is 26.8 Å². The molecular weight excluding hydrogens is 147 g/mol. The zero-order chi connectivity index (χ0) is 9.02. The maximum atomic E-state index is 10.5. The number of hydrogen-bond donors (Lipinski definition) is 2. The highest BCUT2D eigenvalue weighted by molar-refractivity contribution is 5.82. The van der Waals surface area contributed by atoms with Crippen molar-refractivity contribution in [3.8, 4) is 0 Å². The number of hydrogen-bond acceptors (Lipinski definition) is 2. The first kappa shape index (κ1) is 9.94. The van der Waals surface area contributed by atoms with Gasteiger partial charge in [0.1, 0.15) is 6.04 Å². The second kappa shape index (κ2) is 3.95. The van der Waals surface area contributed by atoms with Crippen molar-refractivity contribution < 1.29 is 14.7 Å². The van der Waals surface area contributed by atoms with Crippen LogP contribution >= 0.6 is 0 Å². The van der Waals surface area contributed by atoms with Gasteiger partial charge in [-0.3, -0.25) is 4.79 Å². The zero-order valence-corrected chi connectivity index (χ0v) is 6.92. The molecule has 0 rings (SSSR count). The molecule has 0 saturated carbocycles. The molecule has 0 aliphatic heterocycles. The van der Waals surface area contributed by atoms with Crippen molar-refractivity contribution in [1.82, 2.24) is 5.32 Å². The average molecular weight is 160 g/mol. The van der Waals surface area contributed by atoms with Crippen LogP contribution in [0.5, 0.6) is 0 Å². The Bertz CT molecular complexity index is 165.